The maximum Gasteiger partial charge on any atom is 0.205 e. The molecule has 0 aliphatic heterocycles. The minimum Gasteiger partial charge on any atom is -0.246 e. The Hall–Kier alpha value is -3.35. The zero-order valence-electron chi connectivity index (χ0n) is 18.7. The SMILES string of the molecule is CC(C)c1nc(Cc2ccc(-c3ccccc3-c3nn[nH]n3)cc2)n(C2CCCCC2)n1. The van der Waals surface area contributed by atoms with Crippen molar-refractivity contribution in [1.82, 2.24) is 35.4 Å². The fraction of sp³-hybridized carbons (Fsp3) is 0.400. The van der Waals surface area contributed by atoms with Gasteiger partial charge in [0.05, 0.1) is 6.04 Å². The predicted octanol–water partition coefficient (Wildman–Crippen LogP) is 5.34. The molecule has 2 aromatic heterocycles. The molecular weight excluding hydrogens is 398 g/mol. The van der Waals surface area contributed by atoms with Gasteiger partial charge in [0.25, 0.3) is 0 Å². The van der Waals surface area contributed by atoms with Crippen molar-refractivity contribution in [3.05, 3.63) is 65.7 Å². The molecule has 1 N–H and O–H groups in total. The van der Waals surface area contributed by atoms with Gasteiger partial charge in [-0.05, 0) is 34.7 Å². The van der Waals surface area contributed by atoms with Crippen LogP contribution in [0.4, 0.5) is 0 Å². The molecule has 1 saturated carbocycles. The number of hydrogen-bond acceptors (Lipinski definition) is 5. The van der Waals surface area contributed by atoms with Gasteiger partial charge in [-0.1, -0.05) is 81.6 Å². The molecule has 0 bridgehead atoms. The number of hydrogen-bond donors (Lipinski definition) is 1. The summed E-state index contributed by atoms with van der Waals surface area (Å²) in [6.45, 7) is 4.33. The van der Waals surface area contributed by atoms with E-state index in [1.54, 1.807) is 0 Å². The van der Waals surface area contributed by atoms with Crippen LogP contribution in [-0.2, 0) is 6.42 Å². The fourth-order valence-electron chi connectivity index (χ4n) is 4.55. The Bertz CT molecular complexity index is 1150. The predicted molar refractivity (Wildman–Crippen MR) is 124 cm³/mol. The summed E-state index contributed by atoms with van der Waals surface area (Å²) in [6.07, 6.45) is 7.12. The Kier molecular flexibility index (Phi) is 5.79. The van der Waals surface area contributed by atoms with Crippen molar-refractivity contribution in [1.29, 1.82) is 0 Å². The summed E-state index contributed by atoms with van der Waals surface area (Å²) in [5, 5.41) is 19.5. The highest BCUT2D eigenvalue weighted by Crippen LogP contribution is 2.31. The first kappa shape index (κ1) is 20.5. The standard InChI is InChI=1S/C25H29N7/c1-17(2)24-26-23(32(29-24)20-8-4-3-5-9-20)16-18-12-14-19(15-13-18)21-10-6-7-11-22(21)25-27-30-31-28-25/h6-7,10-15,17,20H,3-5,8-9,16H2,1-2H3,(H,27,28,30,31). The minimum atomic E-state index is 0.336. The lowest BCUT2D eigenvalue weighted by molar-refractivity contribution is 0.320. The number of tetrazole rings is 1. The van der Waals surface area contributed by atoms with Crippen molar-refractivity contribution in [2.75, 3.05) is 0 Å². The maximum atomic E-state index is 4.93. The van der Waals surface area contributed by atoms with Gasteiger partial charge in [-0.2, -0.15) is 10.3 Å². The van der Waals surface area contributed by atoms with Gasteiger partial charge in [0.1, 0.15) is 5.82 Å². The van der Waals surface area contributed by atoms with Crippen molar-refractivity contribution < 1.29 is 0 Å². The molecule has 1 fully saturated rings. The van der Waals surface area contributed by atoms with E-state index in [-0.39, 0.29) is 0 Å². The van der Waals surface area contributed by atoms with Gasteiger partial charge in [0, 0.05) is 17.9 Å². The molecule has 1 aliphatic rings. The van der Waals surface area contributed by atoms with E-state index in [0.29, 0.717) is 17.8 Å². The average Bonchev–Trinajstić information content (AvgIpc) is 3.51. The first-order valence-corrected chi connectivity index (χ1v) is 11.6. The lowest BCUT2D eigenvalue weighted by Gasteiger charge is -2.23. The first-order chi connectivity index (χ1) is 15.7. The molecule has 0 atom stereocenters. The monoisotopic (exact) mass is 427 g/mol. The molecule has 2 heterocycles. The molecule has 4 aromatic rings. The zero-order valence-corrected chi connectivity index (χ0v) is 18.7. The van der Waals surface area contributed by atoms with E-state index in [1.165, 1.54) is 37.7 Å². The van der Waals surface area contributed by atoms with Crippen LogP contribution in [0.1, 0.15) is 75.1 Å². The van der Waals surface area contributed by atoms with Gasteiger partial charge in [0.2, 0.25) is 5.82 Å². The molecule has 0 spiro atoms. The van der Waals surface area contributed by atoms with E-state index < -0.39 is 0 Å². The number of benzene rings is 2. The molecule has 7 heteroatoms. The number of aromatic amines is 1. The molecular formula is C25H29N7. The van der Waals surface area contributed by atoms with Crippen LogP contribution >= 0.6 is 0 Å². The highest BCUT2D eigenvalue weighted by Gasteiger charge is 2.22. The van der Waals surface area contributed by atoms with Gasteiger partial charge in [0.15, 0.2) is 5.82 Å². The molecule has 0 radical (unpaired) electrons. The minimum absolute atomic E-state index is 0.336. The van der Waals surface area contributed by atoms with Crippen molar-refractivity contribution in [2.24, 2.45) is 0 Å². The summed E-state index contributed by atoms with van der Waals surface area (Å²) in [5.74, 6) is 2.98. The number of rotatable bonds is 6. The van der Waals surface area contributed by atoms with Gasteiger partial charge in [-0.3, -0.25) is 0 Å². The first-order valence-electron chi connectivity index (χ1n) is 11.6. The maximum absolute atomic E-state index is 4.93. The van der Waals surface area contributed by atoms with Gasteiger partial charge in [-0.15, -0.1) is 10.2 Å². The number of nitrogens with zero attached hydrogens (tertiary/aromatic N) is 6. The van der Waals surface area contributed by atoms with Crippen LogP contribution in [0.5, 0.6) is 0 Å². The largest absolute Gasteiger partial charge is 0.246 e. The van der Waals surface area contributed by atoms with Crippen LogP contribution in [-0.4, -0.2) is 35.4 Å². The smallest absolute Gasteiger partial charge is 0.205 e. The lowest BCUT2D eigenvalue weighted by atomic mass is 9.95. The van der Waals surface area contributed by atoms with Crippen LogP contribution < -0.4 is 0 Å². The summed E-state index contributed by atoms with van der Waals surface area (Å²) in [5.41, 5.74) is 4.43. The van der Waals surface area contributed by atoms with Crippen LogP contribution in [0, 0.1) is 0 Å². The van der Waals surface area contributed by atoms with E-state index >= 15 is 0 Å². The molecule has 2 aromatic carbocycles. The lowest BCUT2D eigenvalue weighted by Crippen LogP contribution is -2.17. The number of nitrogens with one attached hydrogen (secondary N) is 1. The highest BCUT2D eigenvalue weighted by atomic mass is 15.5. The summed E-state index contributed by atoms with van der Waals surface area (Å²) in [4.78, 5) is 4.93. The quantitative estimate of drug-likeness (QED) is 0.449. The Morgan fingerprint density at radius 2 is 1.72 bits per heavy atom. The van der Waals surface area contributed by atoms with Crippen LogP contribution in [0.25, 0.3) is 22.5 Å². The van der Waals surface area contributed by atoms with Gasteiger partial charge >= 0.3 is 0 Å². The Morgan fingerprint density at radius 1 is 0.969 bits per heavy atom. The Balaban J connectivity index is 1.42. The van der Waals surface area contributed by atoms with E-state index in [1.807, 2.05) is 18.2 Å². The van der Waals surface area contributed by atoms with Crippen molar-refractivity contribution in [3.63, 3.8) is 0 Å². The molecule has 32 heavy (non-hydrogen) atoms. The third-order valence-corrected chi connectivity index (χ3v) is 6.30. The molecule has 1 aliphatic carbocycles. The highest BCUT2D eigenvalue weighted by molar-refractivity contribution is 5.80. The second kappa shape index (κ2) is 9.02. The van der Waals surface area contributed by atoms with E-state index in [9.17, 15) is 0 Å². The summed E-state index contributed by atoms with van der Waals surface area (Å²) in [7, 11) is 0. The van der Waals surface area contributed by atoms with Crippen molar-refractivity contribution >= 4 is 0 Å². The van der Waals surface area contributed by atoms with Crippen LogP contribution in [0.3, 0.4) is 0 Å². The fourth-order valence-corrected chi connectivity index (χ4v) is 4.55. The third kappa shape index (κ3) is 4.20. The van der Waals surface area contributed by atoms with Crippen molar-refractivity contribution in [3.8, 4) is 22.5 Å². The third-order valence-electron chi connectivity index (χ3n) is 6.30. The number of H-pyrrole nitrogens is 1. The van der Waals surface area contributed by atoms with Crippen LogP contribution in [0.2, 0.25) is 0 Å². The van der Waals surface area contributed by atoms with Crippen molar-refractivity contribution in [2.45, 2.75) is 64.3 Å². The van der Waals surface area contributed by atoms with E-state index in [4.69, 9.17) is 10.1 Å². The normalized spacial score (nSPS) is 14.8. The van der Waals surface area contributed by atoms with E-state index in [0.717, 1.165) is 34.8 Å². The summed E-state index contributed by atoms with van der Waals surface area (Å²) in [6, 6.07) is 17.3. The summed E-state index contributed by atoms with van der Waals surface area (Å²) >= 11 is 0. The van der Waals surface area contributed by atoms with Gasteiger partial charge in [-0.25, -0.2) is 9.67 Å². The zero-order chi connectivity index (χ0) is 21.9. The molecule has 164 valence electrons. The molecule has 0 amide bonds. The Labute approximate surface area is 188 Å². The second-order valence-corrected chi connectivity index (χ2v) is 8.93. The Morgan fingerprint density at radius 3 is 2.41 bits per heavy atom. The second-order valence-electron chi connectivity index (χ2n) is 8.93. The van der Waals surface area contributed by atoms with Crippen LogP contribution in [0.15, 0.2) is 48.5 Å². The molecule has 5 rings (SSSR count). The average molecular weight is 428 g/mol. The van der Waals surface area contributed by atoms with Gasteiger partial charge < -0.3 is 0 Å². The molecule has 0 saturated heterocycles. The topological polar surface area (TPSA) is 85.2 Å². The molecule has 7 nitrogen and oxygen atoms in total. The summed E-state index contributed by atoms with van der Waals surface area (Å²) < 4.78 is 2.23. The molecule has 0 unspecified atom stereocenters. The number of aromatic nitrogens is 7. The van der Waals surface area contributed by atoms with E-state index in [2.05, 4.69) is 69.5 Å².